The van der Waals surface area contributed by atoms with Crippen molar-refractivity contribution in [2.75, 3.05) is 33.4 Å². The topological polar surface area (TPSA) is 93.1 Å². The maximum Gasteiger partial charge on any atom is 0.393 e. The van der Waals surface area contributed by atoms with Crippen LogP contribution in [0.1, 0.15) is 0 Å². The number of benzene rings is 1. The standard InChI is InChI=1S/C15H18F3NO6S/c1-24-6-7-25-10-2-4-11(5-3-10)26(22,23)19-8-12(14(20)21)13(9-19)15(16,17)18/h2-5,12-13H,6-9H2,1H3,(H,20,21)/t12-,13-/m1/s1. The molecular weight excluding hydrogens is 379 g/mol. The summed E-state index contributed by atoms with van der Waals surface area (Å²) >= 11 is 0. The largest absolute Gasteiger partial charge is 0.491 e. The number of sulfonamides is 1. The summed E-state index contributed by atoms with van der Waals surface area (Å²) in [5.41, 5.74) is 0. The van der Waals surface area contributed by atoms with Crippen LogP contribution in [0.3, 0.4) is 0 Å². The van der Waals surface area contributed by atoms with Crippen molar-refractivity contribution < 1.29 is 41.0 Å². The van der Waals surface area contributed by atoms with Crippen molar-refractivity contribution in [3.8, 4) is 5.75 Å². The minimum atomic E-state index is -4.80. The fourth-order valence-electron chi connectivity index (χ4n) is 2.65. The lowest BCUT2D eigenvalue weighted by Crippen LogP contribution is -2.34. The third kappa shape index (κ3) is 4.46. The molecule has 1 N–H and O–H groups in total. The highest BCUT2D eigenvalue weighted by atomic mass is 32.2. The second-order valence-electron chi connectivity index (χ2n) is 5.73. The predicted molar refractivity (Wildman–Crippen MR) is 83.2 cm³/mol. The molecule has 0 radical (unpaired) electrons. The van der Waals surface area contributed by atoms with E-state index in [0.717, 1.165) is 0 Å². The van der Waals surface area contributed by atoms with Crippen LogP contribution in [0.15, 0.2) is 29.2 Å². The smallest absolute Gasteiger partial charge is 0.393 e. The molecule has 0 aliphatic carbocycles. The molecule has 1 aromatic carbocycles. The van der Waals surface area contributed by atoms with Crippen molar-refractivity contribution in [3.05, 3.63) is 24.3 Å². The van der Waals surface area contributed by atoms with Crippen LogP contribution in [0.25, 0.3) is 0 Å². The Morgan fingerprint density at radius 1 is 1.23 bits per heavy atom. The highest BCUT2D eigenvalue weighted by Crippen LogP contribution is 2.39. The summed E-state index contributed by atoms with van der Waals surface area (Å²) < 4.78 is 74.8. The number of carboxylic acid groups (broad SMARTS) is 1. The van der Waals surface area contributed by atoms with Crippen LogP contribution in [0.2, 0.25) is 0 Å². The lowest BCUT2D eigenvalue weighted by Gasteiger charge is -2.18. The second-order valence-corrected chi connectivity index (χ2v) is 7.67. The van der Waals surface area contributed by atoms with Gasteiger partial charge in [0, 0.05) is 20.2 Å². The predicted octanol–water partition coefficient (Wildman–Crippen LogP) is 1.60. The molecule has 2 atom stereocenters. The average Bonchev–Trinajstić information content (AvgIpc) is 3.02. The van der Waals surface area contributed by atoms with E-state index in [9.17, 15) is 26.4 Å². The van der Waals surface area contributed by atoms with E-state index in [4.69, 9.17) is 14.6 Å². The van der Waals surface area contributed by atoms with Gasteiger partial charge in [-0.3, -0.25) is 4.79 Å². The zero-order valence-corrected chi connectivity index (χ0v) is 14.6. The Morgan fingerprint density at radius 2 is 1.85 bits per heavy atom. The Labute approximate surface area is 148 Å². The summed E-state index contributed by atoms with van der Waals surface area (Å²) in [5.74, 6) is -5.38. The van der Waals surface area contributed by atoms with E-state index in [1.807, 2.05) is 0 Å². The van der Waals surface area contributed by atoms with E-state index in [-0.39, 0.29) is 11.5 Å². The molecule has 0 bridgehead atoms. The van der Waals surface area contributed by atoms with Gasteiger partial charge in [-0.05, 0) is 24.3 Å². The van der Waals surface area contributed by atoms with Crippen molar-refractivity contribution in [1.82, 2.24) is 4.31 Å². The third-order valence-electron chi connectivity index (χ3n) is 4.04. The van der Waals surface area contributed by atoms with Crippen molar-refractivity contribution in [1.29, 1.82) is 0 Å². The number of carbonyl (C=O) groups is 1. The van der Waals surface area contributed by atoms with Crippen LogP contribution in [0.4, 0.5) is 13.2 Å². The number of carboxylic acids is 1. The molecule has 0 unspecified atom stereocenters. The number of halogens is 3. The molecule has 1 aliphatic rings. The Balaban J connectivity index is 2.18. The second kappa shape index (κ2) is 7.80. The van der Waals surface area contributed by atoms with Crippen LogP contribution in [0.5, 0.6) is 5.75 Å². The van der Waals surface area contributed by atoms with Gasteiger partial charge in [0.1, 0.15) is 12.4 Å². The van der Waals surface area contributed by atoms with Gasteiger partial charge in [-0.2, -0.15) is 17.5 Å². The number of nitrogens with zero attached hydrogens (tertiary/aromatic N) is 1. The molecule has 1 aliphatic heterocycles. The third-order valence-corrected chi connectivity index (χ3v) is 5.89. The summed E-state index contributed by atoms with van der Waals surface area (Å²) in [7, 11) is -2.76. The van der Waals surface area contributed by atoms with Crippen LogP contribution < -0.4 is 4.74 Å². The molecule has 1 heterocycles. The van der Waals surface area contributed by atoms with Crippen molar-refractivity contribution >= 4 is 16.0 Å². The van der Waals surface area contributed by atoms with Crippen molar-refractivity contribution in [2.45, 2.75) is 11.1 Å². The maximum absolute atomic E-state index is 13.0. The van der Waals surface area contributed by atoms with E-state index in [0.29, 0.717) is 16.7 Å². The average molecular weight is 397 g/mol. The van der Waals surface area contributed by atoms with Gasteiger partial charge < -0.3 is 14.6 Å². The van der Waals surface area contributed by atoms with Crippen LogP contribution in [-0.2, 0) is 19.6 Å². The van der Waals surface area contributed by atoms with Gasteiger partial charge in [0.05, 0.1) is 23.3 Å². The molecule has 0 saturated carbocycles. The quantitative estimate of drug-likeness (QED) is 0.703. The highest BCUT2D eigenvalue weighted by molar-refractivity contribution is 7.89. The van der Waals surface area contributed by atoms with E-state index in [1.165, 1.54) is 31.4 Å². The van der Waals surface area contributed by atoms with Gasteiger partial charge in [-0.15, -0.1) is 0 Å². The Morgan fingerprint density at radius 3 is 2.31 bits per heavy atom. The summed E-state index contributed by atoms with van der Waals surface area (Å²) in [6.07, 6.45) is -4.80. The maximum atomic E-state index is 13.0. The van der Waals surface area contributed by atoms with Gasteiger partial charge in [-0.1, -0.05) is 0 Å². The fraction of sp³-hybridized carbons (Fsp3) is 0.533. The van der Waals surface area contributed by atoms with Gasteiger partial charge in [0.25, 0.3) is 0 Å². The van der Waals surface area contributed by atoms with Gasteiger partial charge in [0.2, 0.25) is 10.0 Å². The minimum Gasteiger partial charge on any atom is -0.491 e. The normalized spacial score (nSPS) is 21.7. The van der Waals surface area contributed by atoms with Crippen molar-refractivity contribution in [3.63, 3.8) is 0 Å². The fourth-order valence-corrected chi connectivity index (χ4v) is 4.14. The molecule has 2 rings (SSSR count). The number of hydrogen-bond acceptors (Lipinski definition) is 5. The molecule has 0 spiro atoms. The summed E-state index contributed by atoms with van der Waals surface area (Å²) in [6.45, 7) is -1.06. The van der Waals surface area contributed by atoms with E-state index in [2.05, 4.69) is 0 Å². The molecular formula is C15H18F3NO6S. The molecule has 11 heteroatoms. The number of hydrogen-bond donors (Lipinski definition) is 1. The lowest BCUT2D eigenvalue weighted by molar-refractivity contribution is -0.187. The number of alkyl halides is 3. The first-order valence-electron chi connectivity index (χ1n) is 7.59. The summed E-state index contributed by atoms with van der Waals surface area (Å²) in [4.78, 5) is 10.9. The zero-order valence-electron chi connectivity index (χ0n) is 13.8. The summed E-state index contributed by atoms with van der Waals surface area (Å²) in [5, 5.41) is 8.99. The van der Waals surface area contributed by atoms with Crippen LogP contribution >= 0.6 is 0 Å². The number of rotatable bonds is 7. The SMILES string of the molecule is COCCOc1ccc(S(=O)(=O)N2C[C@@H](C(F)(F)F)[C@H](C(=O)O)C2)cc1. The number of aliphatic carboxylic acids is 1. The van der Waals surface area contributed by atoms with E-state index >= 15 is 0 Å². The lowest BCUT2D eigenvalue weighted by atomic mass is 9.96. The van der Waals surface area contributed by atoms with Crippen LogP contribution in [-0.4, -0.2) is 63.4 Å². The highest BCUT2D eigenvalue weighted by Gasteiger charge is 2.54. The first-order valence-corrected chi connectivity index (χ1v) is 9.03. The molecule has 0 aromatic heterocycles. The van der Waals surface area contributed by atoms with Crippen molar-refractivity contribution in [2.24, 2.45) is 11.8 Å². The monoisotopic (exact) mass is 397 g/mol. The van der Waals surface area contributed by atoms with Gasteiger partial charge in [-0.25, -0.2) is 8.42 Å². The van der Waals surface area contributed by atoms with E-state index < -0.39 is 47.1 Å². The Hall–Kier alpha value is -1.85. The molecule has 7 nitrogen and oxygen atoms in total. The molecule has 146 valence electrons. The zero-order chi connectivity index (χ0) is 19.5. The Kier molecular flexibility index (Phi) is 6.14. The molecule has 1 aromatic rings. The molecule has 1 saturated heterocycles. The Bertz CT molecular complexity index is 735. The molecule has 26 heavy (non-hydrogen) atoms. The molecule has 0 amide bonds. The van der Waals surface area contributed by atoms with Crippen LogP contribution in [0, 0.1) is 11.8 Å². The summed E-state index contributed by atoms with van der Waals surface area (Å²) in [6, 6.07) is 5.14. The molecule has 1 fully saturated rings. The first kappa shape index (κ1) is 20.5. The number of ether oxygens (including phenoxy) is 2. The number of methoxy groups -OCH3 is 1. The minimum absolute atomic E-state index is 0.233. The van der Waals surface area contributed by atoms with Gasteiger partial charge >= 0.3 is 12.1 Å². The first-order chi connectivity index (χ1) is 12.1. The van der Waals surface area contributed by atoms with Gasteiger partial charge in [0.15, 0.2) is 0 Å². The van der Waals surface area contributed by atoms with E-state index in [1.54, 1.807) is 0 Å².